The second kappa shape index (κ2) is 31.9. The van der Waals surface area contributed by atoms with Gasteiger partial charge < -0.3 is 25.2 Å². The quantitative estimate of drug-likeness (QED) is 0.0259. The van der Waals surface area contributed by atoms with Gasteiger partial charge in [-0.3, -0.25) is 23.4 Å². The number of carboxylic acid groups (broad SMARTS) is 1. The lowest BCUT2D eigenvalue weighted by atomic mass is 10.1. The first kappa shape index (κ1) is 45.7. The summed E-state index contributed by atoms with van der Waals surface area (Å²) in [5.74, 6) is -2.41. The Morgan fingerprint density at radius 2 is 1.17 bits per heavy atom. The van der Waals surface area contributed by atoms with Crippen molar-refractivity contribution in [2.75, 3.05) is 19.8 Å². The average Bonchev–Trinajstić information content (AvgIpc) is 3.05. The lowest BCUT2D eigenvalue weighted by Crippen LogP contribution is -2.34. The Morgan fingerprint density at radius 1 is 0.667 bits per heavy atom. The smallest absolute Gasteiger partial charge is 0.472 e. The molecule has 3 atom stereocenters. The average molecular weight is 702 g/mol. The number of aliphatic carboxylic acids is 1. The van der Waals surface area contributed by atoms with E-state index in [1.165, 1.54) is 32.1 Å². The molecule has 0 fully saturated rings. The van der Waals surface area contributed by atoms with Crippen LogP contribution in [0.4, 0.5) is 0 Å². The zero-order chi connectivity index (χ0) is 35.7. The van der Waals surface area contributed by atoms with Gasteiger partial charge in [0.15, 0.2) is 6.10 Å². The molecule has 0 bridgehead atoms. The number of rotatable bonds is 33. The van der Waals surface area contributed by atoms with E-state index in [4.69, 9.17) is 24.8 Å². The molecule has 0 aliphatic heterocycles. The van der Waals surface area contributed by atoms with Gasteiger partial charge in [-0.05, 0) is 44.9 Å². The molecule has 0 aromatic heterocycles. The van der Waals surface area contributed by atoms with Crippen LogP contribution in [0.25, 0.3) is 0 Å². The molecule has 0 radical (unpaired) electrons. The van der Waals surface area contributed by atoms with Crippen LogP contribution < -0.4 is 5.73 Å². The van der Waals surface area contributed by atoms with Gasteiger partial charge in [0.1, 0.15) is 12.6 Å². The highest BCUT2D eigenvalue weighted by atomic mass is 31.2. The van der Waals surface area contributed by atoms with Gasteiger partial charge >= 0.3 is 25.7 Å². The number of hydrogen-bond acceptors (Lipinski definition) is 9. The first-order chi connectivity index (χ1) is 23.1. The van der Waals surface area contributed by atoms with Crippen LogP contribution in [0.5, 0.6) is 0 Å². The SMILES string of the molecule is CC/C=C/C/C=C/C/C=C/CCCCCCCC(=O)O[C@@H](COC(=O)CCCCCCCCCCC)COP(=O)(O)OC[C@H](N)C(=O)O. The van der Waals surface area contributed by atoms with Crippen LogP contribution in [0.1, 0.15) is 142 Å². The van der Waals surface area contributed by atoms with E-state index in [0.717, 1.165) is 70.6 Å². The molecule has 11 nitrogen and oxygen atoms in total. The number of phosphoric ester groups is 1. The molecule has 278 valence electrons. The van der Waals surface area contributed by atoms with Crippen molar-refractivity contribution in [1.29, 1.82) is 0 Å². The second-order valence-electron chi connectivity index (χ2n) is 12.0. The summed E-state index contributed by atoms with van der Waals surface area (Å²) in [4.78, 5) is 45.6. The summed E-state index contributed by atoms with van der Waals surface area (Å²) in [6.45, 7) is 2.61. The molecule has 0 aromatic rings. The molecule has 48 heavy (non-hydrogen) atoms. The van der Waals surface area contributed by atoms with Crippen molar-refractivity contribution >= 4 is 25.7 Å². The zero-order valence-corrected chi connectivity index (χ0v) is 30.5. The number of carbonyl (C=O) groups is 3. The van der Waals surface area contributed by atoms with Crippen molar-refractivity contribution in [3.63, 3.8) is 0 Å². The Bertz CT molecular complexity index is 968. The summed E-state index contributed by atoms with van der Waals surface area (Å²) >= 11 is 0. The van der Waals surface area contributed by atoms with Gasteiger partial charge in [-0.1, -0.05) is 121 Å². The van der Waals surface area contributed by atoms with Crippen LogP contribution in [0.2, 0.25) is 0 Å². The maximum Gasteiger partial charge on any atom is 0.472 e. The number of ether oxygens (including phenoxy) is 2. The highest BCUT2D eigenvalue weighted by molar-refractivity contribution is 7.47. The minimum absolute atomic E-state index is 0.142. The summed E-state index contributed by atoms with van der Waals surface area (Å²) in [7, 11) is -4.71. The molecular formula is C36H64NO10P. The number of nitrogens with two attached hydrogens (primary N) is 1. The van der Waals surface area contributed by atoms with Crippen molar-refractivity contribution in [2.24, 2.45) is 5.73 Å². The first-order valence-electron chi connectivity index (χ1n) is 18.0. The molecule has 0 saturated carbocycles. The first-order valence-corrected chi connectivity index (χ1v) is 19.5. The molecule has 0 aliphatic carbocycles. The number of allylic oxidation sites excluding steroid dienone is 6. The van der Waals surface area contributed by atoms with E-state index in [9.17, 15) is 23.8 Å². The standard InChI is InChI=1S/C36H64NO10P/c1-3-5-7-9-11-13-14-15-16-17-18-20-22-24-26-28-35(39)47-32(30-45-48(42,43)46-31-33(37)36(40)41)29-44-34(38)27-25-23-21-19-12-10-8-6-4-2/h5,7,11,13,15-16,32-33H,3-4,6,8-10,12,14,17-31,37H2,1-2H3,(H,40,41)(H,42,43)/b7-5+,13-11+,16-15+/t32-,33-/m0/s1. The molecule has 0 aliphatic rings. The third-order valence-electron chi connectivity index (χ3n) is 7.40. The van der Waals surface area contributed by atoms with E-state index < -0.39 is 51.1 Å². The Morgan fingerprint density at radius 3 is 1.75 bits per heavy atom. The van der Waals surface area contributed by atoms with Gasteiger partial charge in [-0.2, -0.15) is 0 Å². The molecule has 0 spiro atoms. The molecule has 12 heteroatoms. The summed E-state index contributed by atoms with van der Waals surface area (Å²) in [6.07, 6.45) is 30.8. The minimum Gasteiger partial charge on any atom is -0.480 e. The fourth-order valence-corrected chi connectivity index (χ4v) is 5.33. The molecule has 1 unspecified atom stereocenters. The normalized spacial score (nSPS) is 14.4. The number of carbonyl (C=O) groups excluding carboxylic acids is 2. The molecule has 0 heterocycles. The summed E-state index contributed by atoms with van der Waals surface area (Å²) in [5.41, 5.74) is 5.30. The number of esters is 2. The van der Waals surface area contributed by atoms with E-state index in [2.05, 4.69) is 54.8 Å². The third-order valence-corrected chi connectivity index (χ3v) is 8.35. The monoisotopic (exact) mass is 701 g/mol. The van der Waals surface area contributed by atoms with E-state index in [1.807, 2.05) is 0 Å². The number of phosphoric acid groups is 1. The van der Waals surface area contributed by atoms with Gasteiger partial charge in [0.05, 0.1) is 13.2 Å². The fourth-order valence-electron chi connectivity index (χ4n) is 4.55. The largest absolute Gasteiger partial charge is 0.480 e. The highest BCUT2D eigenvalue weighted by Gasteiger charge is 2.28. The molecular weight excluding hydrogens is 637 g/mol. The van der Waals surface area contributed by atoms with Crippen LogP contribution in [-0.2, 0) is 37.5 Å². The van der Waals surface area contributed by atoms with Gasteiger partial charge in [-0.25, -0.2) is 4.57 Å². The van der Waals surface area contributed by atoms with Crippen LogP contribution in [-0.4, -0.2) is 59.9 Å². The van der Waals surface area contributed by atoms with Crippen LogP contribution in [0, 0.1) is 0 Å². The third kappa shape index (κ3) is 31.0. The molecule has 0 rings (SSSR count). The zero-order valence-electron chi connectivity index (χ0n) is 29.6. The lowest BCUT2D eigenvalue weighted by Gasteiger charge is -2.20. The maximum atomic E-state index is 12.5. The summed E-state index contributed by atoms with van der Waals surface area (Å²) < 4.78 is 32.4. The number of carboxylic acids is 1. The van der Waals surface area contributed by atoms with Crippen molar-refractivity contribution < 1.29 is 47.5 Å². The van der Waals surface area contributed by atoms with Crippen LogP contribution >= 0.6 is 7.82 Å². The van der Waals surface area contributed by atoms with Crippen molar-refractivity contribution in [2.45, 2.75) is 154 Å². The van der Waals surface area contributed by atoms with Gasteiger partial charge in [0, 0.05) is 12.8 Å². The van der Waals surface area contributed by atoms with Crippen molar-refractivity contribution in [3.8, 4) is 0 Å². The Balaban J connectivity index is 4.49. The van der Waals surface area contributed by atoms with E-state index >= 15 is 0 Å². The van der Waals surface area contributed by atoms with Crippen molar-refractivity contribution in [3.05, 3.63) is 36.5 Å². The number of hydrogen-bond donors (Lipinski definition) is 3. The van der Waals surface area contributed by atoms with Gasteiger partial charge in [0.25, 0.3) is 0 Å². The molecule has 0 amide bonds. The second-order valence-corrected chi connectivity index (χ2v) is 13.4. The van der Waals surface area contributed by atoms with Gasteiger partial charge in [0.2, 0.25) is 0 Å². The summed E-state index contributed by atoms with van der Waals surface area (Å²) in [6, 6.07) is -1.52. The molecule has 4 N–H and O–H groups in total. The Labute approximate surface area is 289 Å². The van der Waals surface area contributed by atoms with Crippen LogP contribution in [0.3, 0.4) is 0 Å². The van der Waals surface area contributed by atoms with E-state index in [0.29, 0.717) is 12.8 Å². The van der Waals surface area contributed by atoms with Crippen molar-refractivity contribution in [1.82, 2.24) is 0 Å². The predicted octanol–water partition coefficient (Wildman–Crippen LogP) is 8.50. The summed E-state index contributed by atoms with van der Waals surface area (Å²) in [5, 5.41) is 8.84. The molecule has 0 saturated heterocycles. The lowest BCUT2D eigenvalue weighted by molar-refractivity contribution is -0.161. The van der Waals surface area contributed by atoms with Crippen LogP contribution in [0.15, 0.2) is 36.5 Å². The molecule has 0 aromatic carbocycles. The van der Waals surface area contributed by atoms with E-state index in [1.54, 1.807) is 0 Å². The van der Waals surface area contributed by atoms with Gasteiger partial charge in [-0.15, -0.1) is 0 Å². The fraction of sp³-hybridized carbons (Fsp3) is 0.750. The topological polar surface area (TPSA) is 172 Å². The Hall–Kier alpha value is -2.30. The predicted molar refractivity (Wildman–Crippen MR) is 189 cm³/mol. The highest BCUT2D eigenvalue weighted by Crippen LogP contribution is 2.43. The number of unbranched alkanes of at least 4 members (excludes halogenated alkanes) is 13. The Kier molecular flexibility index (Phi) is 30.4. The maximum absolute atomic E-state index is 12.5. The minimum atomic E-state index is -4.71. The van der Waals surface area contributed by atoms with E-state index in [-0.39, 0.29) is 19.4 Å².